The van der Waals surface area contributed by atoms with E-state index >= 15 is 0 Å². The minimum atomic E-state index is 0. The number of hydrogen-bond acceptors (Lipinski definition) is 4. The molecule has 1 aliphatic rings. The molecule has 0 aliphatic heterocycles. The van der Waals surface area contributed by atoms with Crippen molar-refractivity contribution in [2.24, 2.45) is 10.9 Å². The first kappa shape index (κ1) is 21.0. The lowest BCUT2D eigenvalue weighted by Gasteiger charge is -2.23. The van der Waals surface area contributed by atoms with Crippen molar-refractivity contribution in [3.05, 3.63) is 23.9 Å². The Kier molecular flexibility index (Phi) is 9.35. The van der Waals surface area contributed by atoms with Gasteiger partial charge in [-0.05, 0) is 24.8 Å². The minimum Gasteiger partial charge on any atom is -0.379 e. The summed E-state index contributed by atoms with van der Waals surface area (Å²) in [4.78, 5) is 12.9. The van der Waals surface area contributed by atoms with Gasteiger partial charge in [0.15, 0.2) is 5.96 Å². The fourth-order valence-electron chi connectivity index (χ4n) is 2.37. The zero-order valence-electron chi connectivity index (χ0n) is 15.2. The van der Waals surface area contributed by atoms with Crippen molar-refractivity contribution in [3.8, 4) is 0 Å². The molecule has 1 aliphatic carbocycles. The van der Waals surface area contributed by atoms with Gasteiger partial charge in [0.25, 0.3) is 0 Å². The molecule has 7 heteroatoms. The zero-order valence-corrected chi connectivity index (χ0v) is 17.5. The van der Waals surface area contributed by atoms with Crippen molar-refractivity contribution in [2.45, 2.75) is 19.4 Å². The van der Waals surface area contributed by atoms with Gasteiger partial charge in [0.1, 0.15) is 5.82 Å². The smallest absolute Gasteiger partial charge is 0.193 e. The molecule has 24 heavy (non-hydrogen) atoms. The van der Waals surface area contributed by atoms with E-state index in [4.69, 9.17) is 4.74 Å². The number of likely N-dealkylation sites (N-methyl/N-ethyl adjacent to an activating group) is 1. The molecule has 0 aromatic carbocycles. The van der Waals surface area contributed by atoms with E-state index in [2.05, 4.69) is 26.3 Å². The van der Waals surface area contributed by atoms with Crippen LogP contribution in [0.5, 0.6) is 0 Å². The second-order valence-corrected chi connectivity index (χ2v) is 6.22. The minimum absolute atomic E-state index is 0. The number of nitrogens with one attached hydrogen (secondary N) is 1. The van der Waals surface area contributed by atoms with Gasteiger partial charge in [-0.15, -0.1) is 24.0 Å². The molecule has 136 valence electrons. The second kappa shape index (κ2) is 10.7. The Labute approximate surface area is 162 Å². The summed E-state index contributed by atoms with van der Waals surface area (Å²) in [6, 6.07) is 4.05. The van der Waals surface area contributed by atoms with Crippen LogP contribution < -0.4 is 10.2 Å². The quantitative estimate of drug-likeness (QED) is 0.287. The zero-order chi connectivity index (χ0) is 16.7. The van der Waals surface area contributed by atoms with Crippen LogP contribution in [0.4, 0.5) is 5.82 Å². The molecule has 0 unspecified atom stereocenters. The van der Waals surface area contributed by atoms with Gasteiger partial charge >= 0.3 is 0 Å². The van der Waals surface area contributed by atoms with Gasteiger partial charge in [-0.2, -0.15) is 0 Å². The summed E-state index contributed by atoms with van der Waals surface area (Å²) in [5, 5.41) is 3.40. The number of aliphatic imine (C=N–C) groups is 1. The number of anilines is 1. The van der Waals surface area contributed by atoms with Crippen molar-refractivity contribution in [1.29, 1.82) is 0 Å². The Morgan fingerprint density at radius 3 is 2.75 bits per heavy atom. The Morgan fingerprint density at radius 2 is 2.12 bits per heavy atom. The predicted molar refractivity (Wildman–Crippen MR) is 110 cm³/mol. The number of aromatic nitrogens is 1. The summed E-state index contributed by atoms with van der Waals surface area (Å²) in [5.41, 5.74) is 1.15. The Bertz CT molecular complexity index is 519. The summed E-state index contributed by atoms with van der Waals surface area (Å²) in [7, 11) is 7.85. The number of rotatable bonds is 8. The maximum absolute atomic E-state index is 5.70. The highest BCUT2D eigenvalue weighted by atomic mass is 127. The molecule has 0 saturated heterocycles. The number of ether oxygens (including phenoxy) is 1. The highest BCUT2D eigenvalue weighted by Crippen LogP contribution is 2.28. The molecule has 1 N–H and O–H groups in total. The molecule has 0 atom stereocenters. The largest absolute Gasteiger partial charge is 0.379 e. The topological polar surface area (TPSA) is 53.0 Å². The van der Waals surface area contributed by atoms with Crippen LogP contribution in [0.1, 0.15) is 18.4 Å². The lowest BCUT2D eigenvalue weighted by molar-refractivity contribution is 0.115. The third kappa shape index (κ3) is 6.80. The van der Waals surface area contributed by atoms with E-state index in [-0.39, 0.29) is 24.0 Å². The van der Waals surface area contributed by atoms with Gasteiger partial charge in [-0.1, -0.05) is 6.07 Å². The lowest BCUT2D eigenvalue weighted by atomic mass is 10.2. The molecular weight excluding hydrogens is 417 g/mol. The van der Waals surface area contributed by atoms with E-state index in [0.717, 1.165) is 43.0 Å². The summed E-state index contributed by atoms with van der Waals surface area (Å²) in [6.45, 7) is 3.17. The van der Waals surface area contributed by atoms with Gasteiger partial charge in [-0.3, -0.25) is 4.99 Å². The van der Waals surface area contributed by atoms with Gasteiger partial charge in [0, 0.05) is 59.6 Å². The molecule has 1 fully saturated rings. The van der Waals surface area contributed by atoms with E-state index in [1.165, 1.54) is 12.8 Å². The second-order valence-electron chi connectivity index (χ2n) is 6.22. The molecule has 6 nitrogen and oxygen atoms in total. The molecule has 1 heterocycles. The first-order chi connectivity index (χ1) is 11.1. The third-order valence-electron chi connectivity index (χ3n) is 3.92. The predicted octanol–water partition coefficient (Wildman–Crippen LogP) is 2.20. The van der Waals surface area contributed by atoms with Gasteiger partial charge in [-0.25, -0.2) is 4.98 Å². The van der Waals surface area contributed by atoms with E-state index in [0.29, 0.717) is 6.54 Å². The lowest BCUT2D eigenvalue weighted by Crippen LogP contribution is -2.40. The van der Waals surface area contributed by atoms with Crippen molar-refractivity contribution in [1.82, 2.24) is 15.2 Å². The van der Waals surface area contributed by atoms with E-state index < -0.39 is 0 Å². The Hall–Kier alpha value is -1.09. The standard InChI is InChI=1S/C17H29N5O.HI/c1-18-17(22(4)10-11-23-13-14-7-8-14)20-12-15-6-5-9-19-16(15)21(2)3;/h5-6,9,14H,7-8,10-13H2,1-4H3,(H,18,20);1H. The number of pyridine rings is 1. The number of halogens is 1. The fourth-order valence-corrected chi connectivity index (χ4v) is 2.37. The summed E-state index contributed by atoms with van der Waals surface area (Å²) in [6.07, 6.45) is 4.48. The molecule has 2 rings (SSSR count). The molecular formula is C17H30IN5O. The van der Waals surface area contributed by atoms with Crippen LogP contribution in [-0.4, -0.2) is 63.8 Å². The first-order valence-corrected chi connectivity index (χ1v) is 8.22. The van der Waals surface area contributed by atoms with E-state index in [1.54, 1.807) is 7.05 Å². The molecule has 1 aromatic rings. The van der Waals surface area contributed by atoms with Crippen molar-refractivity contribution in [2.75, 3.05) is 52.8 Å². The maximum atomic E-state index is 5.70. The molecule has 0 bridgehead atoms. The number of guanidine groups is 1. The van der Waals surface area contributed by atoms with Crippen LogP contribution in [-0.2, 0) is 11.3 Å². The average Bonchev–Trinajstić information content (AvgIpc) is 3.36. The molecule has 0 amide bonds. The normalized spacial score (nSPS) is 14.1. The fraction of sp³-hybridized carbons (Fsp3) is 0.647. The molecule has 1 saturated carbocycles. The Morgan fingerprint density at radius 1 is 1.38 bits per heavy atom. The number of nitrogens with zero attached hydrogens (tertiary/aromatic N) is 4. The maximum Gasteiger partial charge on any atom is 0.193 e. The third-order valence-corrected chi connectivity index (χ3v) is 3.92. The summed E-state index contributed by atoms with van der Waals surface area (Å²) < 4.78 is 5.70. The Balaban J connectivity index is 0.00000288. The first-order valence-electron chi connectivity index (χ1n) is 8.22. The van der Waals surface area contributed by atoms with Crippen LogP contribution in [0.2, 0.25) is 0 Å². The highest BCUT2D eigenvalue weighted by Gasteiger charge is 2.21. The van der Waals surface area contributed by atoms with Crippen LogP contribution in [0.15, 0.2) is 23.3 Å². The summed E-state index contributed by atoms with van der Waals surface area (Å²) in [5.74, 6) is 2.66. The van der Waals surface area contributed by atoms with Gasteiger partial charge in [0.2, 0.25) is 0 Å². The average molecular weight is 447 g/mol. The SMILES string of the molecule is CN=C(NCc1cccnc1N(C)C)N(C)CCOCC1CC1.I. The van der Waals surface area contributed by atoms with Crippen LogP contribution in [0.3, 0.4) is 0 Å². The monoisotopic (exact) mass is 447 g/mol. The summed E-state index contributed by atoms with van der Waals surface area (Å²) >= 11 is 0. The number of hydrogen-bond donors (Lipinski definition) is 1. The van der Waals surface area contributed by atoms with Crippen LogP contribution in [0, 0.1) is 5.92 Å². The molecule has 0 radical (unpaired) electrons. The molecule has 1 aromatic heterocycles. The molecule has 0 spiro atoms. The van der Waals surface area contributed by atoms with Crippen LogP contribution in [0.25, 0.3) is 0 Å². The van der Waals surface area contributed by atoms with Gasteiger partial charge < -0.3 is 19.9 Å². The van der Waals surface area contributed by atoms with Crippen molar-refractivity contribution in [3.63, 3.8) is 0 Å². The van der Waals surface area contributed by atoms with Crippen LogP contribution >= 0.6 is 24.0 Å². The van der Waals surface area contributed by atoms with Crippen molar-refractivity contribution >= 4 is 35.8 Å². The highest BCUT2D eigenvalue weighted by molar-refractivity contribution is 14.0. The van der Waals surface area contributed by atoms with Crippen molar-refractivity contribution < 1.29 is 4.74 Å². The van der Waals surface area contributed by atoms with E-state index in [9.17, 15) is 0 Å². The van der Waals surface area contributed by atoms with E-state index in [1.807, 2.05) is 38.3 Å². The van der Waals surface area contributed by atoms with Gasteiger partial charge in [0.05, 0.1) is 6.61 Å².